The Hall–Kier alpha value is -0.790. The van der Waals surface area contributed by atoms with E-state index in [0.717, 1.165) is 19.3 Å². The van der Waals surface area contributed by atoms with Crippen molar-refractivity contribution in [1.29, 1.82) is 0 Å². The first kappa shape index (κ1) is 14.3. The van der Waals surface area contributed by atoms with E-state index < -0.39 is 0 Å². The molecule has 1 aliphatic carbocycles. The predicted octanol–water partition coefficient (Wildman–Crippen LogP) is 4.39. The average Bonchev–Trinajstić information content (AvgIpc) is 3.08. The van der Waals surface area contributed by atoms with Crippen molar-refractivity contribution in [2.45, 2.75) is 76.7 Å². The highest BCUT2D eigenvalue weighted by Gasteiger charge is 2.45. The summed E-state index contributed by atoms with van der Waals surface area (Å²) in [5.41, 5.74) is -0.102. The molecule has 0 spiro atoms. The fourth-order valence-electron chi connectivity index (χ4n) is 2.20. The molecule has 1 rings (SSSR count). The van der Waals surface area contributed by atoms with Crippen LogP contribution >= 0.6 is 0 Å². The number of carbonyl (C=O) groups excluding carboxylic acids is 1. The minimum atomic E-state index is -0.259. The molecule has 1 fully saturated rings. The molecule has 1 aliphatic rings. The van der Waals surface area contributed by atoms with Gasteiger partial charge >= 0.3 is 5.97 Å². The molecule has 0 aromatic carbocycles. The number of hydrogen-bond acceptors (Lipinski definition) is 2. The molecule has 1 saturated carbocycles. The summed E-state index contributed by atoms with van der Waals surface area (Å²) in [5, 5.41) is 0. The molecule has 0 radical (unpaired) electrons. The molecular weight excluding hydrogens is 212 g/mol. The molecular formula is C15H26O2. The van der Waals surface area contributed by atoms with Crippen LogP contribution in [0.1, 0.15) is 71.1 Å². The molecule has 17 heavy (non-hydrogen) atoms. The van der Waals surface area contributed by atoms with Gasteiger partial charge in [-0.25, -0.2) is 4.79 Å². The van der Waals surface area contributed by atoms with Crippen molar-refractivity contribution in [2.75, 3.05) is 0 Å². The van der Waals surface area contributed by atoms with Crippen LogP contribution in [0.15, 0.2) is 12.7 Å². The van der Waals surface area contributed by atoms with Crippen LogP contribution in [0.25, 0.3) is 0 Å². The maximum Gasteiger partial charge on any atom is 0.330 e. The van der Waals surface area contributed by atoms with E-state index in [1.807, 2.05) is 0 Å². The lowest BCUT2D eigenvalue weighted by atomic mass is 10.1. The van der Waals surface area contributed by atoms with Gasteiger partial charge in [-0.15, -0.1) is 0 Å². The van der Waals surface area contributed by atoms with Gasteiger partial charge < -0.3 is 4.74 Å². The minimum absolute atomic E-state index is 0.102. The van der Waals surface area contributed by atoms with E-state index >= 15 is 0 Å². The van der Waals surface area contributed by atoms with Crippen molar-refractivity contribution in [3.8, 4) is 0 Å². The van der Waals surface area contributed by atoms with Gasteiger partial charge in [0.05, 0.1) is 0 Å². The van der Waals surface area contributed by atoms with Crippen molar-refractivity contribution >= 4 is 5.97 Å². The topological polar surface area (TPSA) is 26.3 Å². The third-order valence-corrected chi connectivity index (χ3v) is 3.53. The zero-order valence-corrected chi connectivity index (χ0v) is 11.2. The third-order valence-electron chi connectivity index (χ3n) is 3.53. The Bertz CT molecular complexity index is 241. The van der Waals surface area contributed by atoms with Crippen LogP contribution in [0.4, 0.5) is 0 Å². The summed E-state index contributed by atoms with van der Waals surface area (Å²) >= 11 is 0. The fourth-order valence-corrected chi connectivity index (χ4v) is 2.20. The monoisotopic (exact) mass is 238 g/mol. The molecule has 0 aromatic rings. The Labute approximate surface area is 105 Å². The number of rotatable bonds is 10. The van der Waals surface area contributed by atoms with Gasteiger partial charge in [0.15, 0.2) is 0 Å². The molecule has 2 nitrogen and oxygen atoms in total. The van der Waals surface area contributed by atoms with Crippen LogP contribution in [0.2, 0.25) is 0 Å². The van der Waals surface area contributed by atoms with Gasteiger partial charge in [0.2, 0.25) is 0 Å². The zero-order valence-electron chi connectivity index (χ0n) is 11.2. The van der Waals surface area contributed by atoms with Crippen molar-refractivity contribution < 1.29 is 9.53 Å². The maximum absolute atomic E-state index is 11.1. The molecule has 0 aliphatic heterocycles. The van der Waals surface area contributed by atoms with Crippen LogP contribution in [0.3, 0.4) is 0 Å². The first-order chi connectivity index (χ1) is 8.22. The van der Waals surface area contributed by atoms with Crippen molar-refractivity contribution in [3.05, 3.63) is 12.7 Å². The van der Waals surface area contributed by atoms with Crippen LogP contribution in [0, 0.1) is 0 Å². The number of unbranched alkanes of at least 4 members (excludes halogenated alkanes) is 6. The lowest BCUT2D eigenvalue weighted by molar-refractivity contribution is -0.145. The van der Waals surface area contributed by atoms with Gasteiger partial charge in [0, 0.05) is 6.08 Å². The molecule has 0 heterocycles. The number of hydrogen-bond donors (Lipinski definition) is 0. The number of carbonyl (C=O) groups is 1. The molecule has 0 N–H and O–H groups in total. The summed E-state index contributed by atoms with van der Waals surface area (Å²) in [6, 6.07) is 0. The lowest BCUT2D eigenvalue weighted by Gasteiger charge is -2.15. The first-order valence-corrected chi connectivity index (χ1v) is 7.08. The van der Waals surface area contributed by atoms with Gasteiger partial charge in [-0.05, 0) is 25.7 Å². The van der Waals surface area contributed by atoms with Crippen molar-refractivity contribution in [1.82, 2.24) is 0 Å². The third kappa shape index (κ3) is 5.90. The van der Waals surface area contributed by atoms with Crippen LogP contribution in [0.5, 0.6) is 0 Å². The van der Waals surface area contributed by atoms with E-state index in [1.54, 1.807) is 0 Å². The molecule has 0 saturated heterocycles. The van der Waals surface area contributed by atoms with E-state index in [9.17, 15) is 4.79 Å². The second kappa shape index (κ2) is 7.52. The van der Waals surface area contributed by atoms with Gasteiger partial charge in [-0.3, -0.25) is 0 Å². The Balaban J connectivity index is 1.99. The normalized spacial score (nSPS) is 16.5. The quantitative estimate of drug-likeness (QED) is 0.320. The van der Waals surface area contributed by atoms with E-state index in [0.29, 0.717) is 0 Å². The van der Waals surface area contributed by atoms with Gasteiger partial charge in [0.25, 0.3) is 0 Å². The molecule has 0 bridgehead atoms. The summed E-state index contributed by atoms with van der Waals surface area (Å²) in [6.45, 7) is 5.68. The van der Waals surface area contributed by atoms with Gasteiger partial charge in [0.1, 0.15) is 5.60 Å². The standard InChI is InChI=1S/C15H26O2/c1-3-5-6-7-8-9-10-11-15(12-13-15)17-14(16)4-2/h4H,2-3,5-13H2,1H3. The summed E-state index contributed by atoms with van der Waals surface area (Å²) in [6.07, 6.45) is 13.6. The predicted molar refractivity (Wildman–Crippen MR) is 70.9 cm³/mol. The Morgan fingerprint density at radius 1 is 1.18 bits per heavy atom. The zero-order chi connectivity index (χ0) is 12.6. The summed E-state index contributed by atoms with van der Waals surface area (Å²) in [7, 11) is 0. The van der Waals surface area contributed by atoms with E-state index in [2.05, 4.69) is 13.5 Å². The van der Waals surface area contributed by atoms with Gasteiger partial charge in [-0.2, -0.15) is 0 Å². The minimum Gasteiger partial charge on any atom is -0.456 e. The second-order valence-electron chi connectivity index (χ2n) is 5.18. The molecule has 0 atom stereocenters. The number of ether oxygens (including phenoxy) is 1. The van der Waals surface area contributed by atoms with Crippen molar-refractivity contribution in [2.24, 2.45) is 0 Å². The molecule has 0 amide bonds. The smallest absolute Gasteiger partial charge is 0.330 e. The number of esters is 1. The summed E-state index contributed by atoms with van der Waals surface area (Å²) < 4.78 is 5.39. The molecule has 0 aromatic heterocycles. The SMILES string of the molecule is C=CC(=O)OC1(CCCCCCCCC)CC1. The van der Waals surface area contributed by atoms with E-state index in [4.69, 9.17) is 4.74 Å². The van der Waals surface area contributed by atoms with E-state index in [1.165, 1.54) is 51.0 Å². The fraction of sp³-hybridized carbons (Fsp3) is 0.800. The Kier molecular flexibility index (Phi) is 6.31. The second-order valence-corrected chi connectivity index (χ2v) is 5.18. The highest BCUT2D eigenvalue weighted by atomic mass is 16.6. The maximum atomic E-state index is 11.1. The average molecular weight is 238 g/mol. The highest BCUT2D eigenvalue weighted by Crippen LogP contribution is 2.44. The molecule has 2 heteroatoms. The highest BCUT2D eigenvalue weighted by molar-refractivity contribution is 5.81. The van der Waals surface area contributed by atoms with Crippen LogP contribution in [-0.2, 0) is 9.53 Å². The molecule has 0 unspecified atom stereocenters. The summed E-state index contributed by atoms with van der Waals surface area (Å²) in [5.74, 6) is -0.259. The van der Waals surface area contributed by atoms with Gasteiger partial charge in [-0.1, -0.05) is 52.0 Å². The van der Waals surface area contributed by atoms with Crippen LogP contribution in [-0.4, -0.2) is 11.6 Å². The van der Waals surface area contributed by atoms with E-state index in [-0.39, 0.29) is 11.6 Å². The summed E-state index contributed by atoms with van der Waals surface area (Å²) in [4.78, 5) is 11.1. The Morgan fingerprint density at radius 2 is 1.76 bits per heavy atom. The Morgan fingerprint density at radius 3 is 2.29 bits per heavy atom. The first-order valence-electron chi connectivity index (χ1n) is 7.08. The van der Waals surface area contributed by atoms with Crippen LogP contribution < -0.4 is 0 Å². The molecule has 98 valence electrons. The van der Waals surface area contributed by atoms with Crippen molar-refractivity contribution in [3.63, 3.8) is 0 Å². The largest absolute Gasteiger partial charge is 0.456 e. The lowest BCUT2D eigenvalue weighted by Crippen LogP contribution is -2.17.